The second-order valence-corrected chi connectivity index (χ2v) is 6.48. The second-order valence-electron chi connectivity index (χ2n) is 5.49. The molecule has 0 fully saturated rings. The average Bonchev–Trinajstić information content (AvgIpc) is 2.60. The molecule has 5 nitrogen and oxygen atoms in total. The smallest absolute Gasteiger partial charge is 0.218 e. The van der Waals surface area contributed by atoms with Gasteiger partial charge < -0.3 is 15.4 Å². The molecule has 0 amide bonds. The predicted molar refractivity (Wildman–Crippen MR) is 105 cm³/mol. The van der Waals surface area contributed by atoms with E-state index in [9.17, 15) is 0 Å². The Bertz CT molecular complexity index is 468. The van der Waals surface area contributed by atoms with Crippen LogP contribution in [0.3, 0.4) is 0 Å². The zero-order valence-electron chi connectivity index (χ0n) is 15.3. The van der Waals surface area contributed by atoms with Crippen LogP contribution in [-0.2, 0) is 6.54 Å². The fourth-order valence-electron chi connectivity index (χ4n) is 2.07. The summed E-state index contributed by atoms with van der Waals surface area (Å²) in [5.41, 5.74) is 1.02. The molecule has 0 bridgehead atoms. The van der Waals surface area contributed by atoms with Crippen molar-refractivity contribution in [2.45, 2.75) is 46.1 Å². The number of pyridine rings is 1. The molecule has 1 aromatic heterocycles. The maximum atomic E-state index is 5.77. The molecule has 136 valence electrons. The summed E-state index contributed by atoms with van der Waals surface area (Å²) in [5, 5.41) is 6.68. The highest BCUT2D eigenvalue weighted by Gasteiger charge is 2.05. The molecule has 1 rings (SSSR count). The number of hydrogen-bond donors (Lipinski definition) is 2. The summed E-state index contributed by atoms with van der Waals surface area (Å²) in [7, 11) is 0. The van der Waals surface area contributed by atoms with Gasteiger partial charge in [-0.1, -0.05) is 19.4 Å². The third kappa shape index (κ3) is 9.01. The van der Waals surface area contributed by atoms with Gasteiger partial charge in [0.05, 0.1) is 13.2 Å². The van der Waals surface area contributed by atoms with E-state index in [0.29, 0.717) is 19.0 Å². The van der Waals surface area contributed by atoms with Gasteiger partial charge >= 0.3 is 0 Å². The lowest BCUT2D eigenvalue weighted by atomic mass is 10.2. The first-order chi connectivity index (χ1) is 11.8. The van der Waals surface area contributed by atoms with Gasteiger partial charge in [-0.2, -0.15) is 11.8 Å². The quantitative estimate of drug-likeness (QED) is 0.343. The van der Waals surface area contributed by atoms with Gasteiger partial charge in [-0.05, 0) is 44.3 Å². The molecule has 0 saturated heterocycles. The Balaban J connectivity index is 2.55. The molecule has 1 heterocycles. The number of aromatic nitrogens is 1. The molecular weight excluding hydrogens is 320 g/mol. The molecule has 24 heavy (non-hydrogen) atoms. The van der Waals surface area contributed by atoms with E-state index in [2.05, 4.69) is 40.7 Å². The van der Waals surface area contributed by atoms with Gasteiger partial charge in [-0.25, -0.2) is 9.98 Å². The Morgan fingerprint density at radius 2 is 2.12 bits per heavy atom. The Morgan fingerprint density at radius 1 is 1.25 bits per heavy atom. The van der Waals surface area contributed by atoms with E-state index in [1.807, 2.05) is 23.9 Å². The third-order valence-corrected chi connectivity index (χ3v) is 4.10. The monoisotopic (exact) mass is 352 g/mol. The minimum atomic E-state index is 0.565. The van der Waals surface area contributed by atoms with E-state index in [0.717, 1.165) is 43.9 Å². The highest BCUT2D eigenvalue weighted by atomic mass is 32.2. The fourth-order valence-corrected chi connectivity index (χ4v) is 2.56. The highest BCUT2D eigenvalue weighted by Crippen LogP contribution is 2.15. The van der Waals surface area contributed by atoms with Gasteiger partial charge in [-0.15, -0.1) is 0 Å². The molecule has 0 radical (unpaired) electrons. The van der Waals surface area contributed by atoms with Gasteiger partial charge in [-0.3, -0.25) is 0 Å². The first kappa shape index (κ1) is 20.6. The molecule has 0 unspecified atom stereocenters. The Morgan fingerprint density at radius 3 is 2.88 bits per heavy atom. The van der Waals surface area contributed by atoms with Crippen LogP contribution in [0.1, 0.15) is 45.1 Å². The number of unbranched alkanes of at least 4 members (excludes halogenated alkanes) is 2. The largest absolute Gasteiger partial charge is 0.477 e. The van der Waals surface area contributed by atoms with E-state index >= 15 is 0 Å². The van der Waals surface area contributed by atoms with E-state index in [4.69, 9.17) is 4.74 Å². The molecule has 0 aliphatic carbocycles. The normalized spacial score (nSPS) is 11.4. The number of rotatable bonds is 12. The van der Waals surface area contributed by atoms with Gasteiger partial charge in [0.1, 0.15) is 0 Å². The standard InChI is InChI=1S/C18H32N4OS/c1-4-6-13-23-17-16(10-9-12-20-17)15-22-18(19-5-2)21-11-7-8-14-24-3/h9-10,12H,4-8,11,13-15H2,1-3H3,(H2,19,21,22). The van der Waals surface area contributed by atoms with Crippen molar-refractivity contribution in [3.63, 3.8) is 0 Å². The average molecular weight is 353 g/mol. The minimum Gasteiger partial charge on any atom is -0.477 e. The van der Waals surface area contributed by atoms with Crippen molar-refractivity contribution >= 4 is 17.7 Å². The number of guanidine groups is 1. The number of hydrogen-bond acceptors (Lipinski definition) is 4. The first-order valence-electron chi connectivity index (χ1n) is 8.89. The molecule has 0 aliphatic rings. The van der Waals surface area contributed by atoms with Crippen molar-refractivity contribution < 1.29 is 4.74 Å². The summed E-state index contributed by atoms with van der Waals surface area (Å²) in [6.45, 7) is 7.30. The van der Waals surface area contributed by atoms with Crippen LogP contribution in [0.25, 0.3) is 0 Å². The maximum Gasteiger partial charge on any atom is 0.218 e. The molecule has 6 heteroatoms. The third-order valence-electron chi connectivity index (χ3n) is 3.41. The fraction of sp³-hybridized carbons (Fsp3) is 0.667. The van der Waals surface area contributed by atoms with Crippen molar-refractivity contribution in [1.82, 2.24) is 15.6 Å². The van der Waals surface area contributed by atoms with Crippen LogP contribution >= 0.6 is 11.8 Å². The summed E-state index contributed by atoms with van der Waals surface area (Å²) in [6.07, 6.45) is 8.46. The lowest BCUT2D eigenvalue weighted by Gasteiger charge is -2.12. The number of thioether (sulfide) groups is 1. The van der Waals surface area contributed by atoms with E-state index in [1.165, 1.54) is 12.2 Å². The molecule has 0 atom stereocenters. The van der Waals surface area contributed by atoms with E-state index in [-0.39, 0.29) is 0 Å². The van der Waals surface area contributed by atoms with Gasteiger partial charge in [0.15, 0.2) is 5.96 Å². The van der Waals surface area contributed by atoms with E-state index in [1.54, 1.807) is 6.20 Å². The maximum absolute atomic E-state index is 5.77. The number of nitrogens with one attached hydrogen (secondary N) is 2. The number of aliphatic imine (C=N–C) groups is 1. The van der Waals surface area contributed by atoms with Gasteiger partial charge in [0, 0.05) is 24.8 Å². The minimum absolute atomic E-state index is 0.565. The van der Waals surface area contributed by atoms with Crippen molar-refractivity contribution in [3.8, 4) is 5.88 Å². The van der Waals surface area contributed by atoms with Crippen LogP contribution in [0.2, 0.25) is 0 Å². The molecule has 1 aromatic rings. The van der Waals surface area contributed by atoms with E-state index < -0.39 is 0 Å². The predicted octanol–water partition coefficient (Wildman–Crippen LogP) is 3.46. The zero-order chi connectivity index (χ0) is 17.5. The molecule has 0 saturated carbocycles. The topological polar surface area (TPSA) is 58.5 Å². The van der Waals surface area contributed by atoms with Crippen LogP contribution in [0.4, 0.5) is 0 Å². The van der Waals surface area contributed by atoms with Crippen molar-refractivity contribution in [1.29, 1.82) is 0 Å². The highest BCUT2D eigenvalue weighted by molar-refractivity contribution is 7.98. The molecule has 0 aromatic carbocycles. The molecule has 2 N–H and O–H groups in total. The molecular formula is C18H32N4OS. The number of ether oxygens (including phenoxy) is 1. The van der Waals surface area contributed by atoms with Gasteiger partial charge in [0.25, 0.3) is 0 Å². The van der Waals surface area contributed by atoms with Crippen molar-refractivity contribution in [2.75, 3.05) is 31.7 Å². The molecule has 0 spiro atoms. The lowest BCUT2D eigenvalue weighted by molar-refractivity contribution is 0.294. The SMILES string of the molecule is CCCCOc1ncccc1CN=C(NCC)NCCCCSC. The molecule has 0 aliphatic heterocycles. The van der Waals surface area contributed by atoms with Gasteiger partial charge in [0.2, 0.25) is 5.88 Å². The first-order valence-corrected chi connectivity index (χ1v) is 10.3. The van der Waals surface area contributed by atoms with Crippen molar-refractivity contribution in [2.24, 2.45) is 4.99 Å². The van der Waals surface area contributed by atoms with Crippen molar-refractivity contribution in [3.05, 3.63) is 23.9 Å². The second kappa shape index (κ2) is 14.0. The summed E-state index contributed by atoms with van der Waals surface area (Å²) in [4.78, 5) is 9.00. The number of nitrogens with zero attached hydrogens (tertiary/aromatic N) is 2. The van der Waals surface area contributed by atoms with Crippen LogP contribution in [0, 0.1) is 0 Å². The zero-order valence-corrected chi connectivity index (χ0v) is 16.1. The Labute approximate surface area is 151 Å². The Hall–Kier alpha value is -1.43. The summed E-state index contributed by atoms with van der Waals surface area (Å²) >= 11 is 1.89. The Kier molecular flexibility index (Phi) is 12.0. The van der Waals surface area contributed by atoms with Crippen LogP contribution < -0.4 is 15.4 Å². The van der Waals surface area contributed by atoms with Crippen LogP contribution in [0.5, 0.6) is 5.88 Å². The lowest BCUT2D eigenvalue weighted by Crippen LogP contribution is -2.37. The summed E-state index contributed by atoms with van der Waals surface area (Å²) in [6, 6.07) is 3.96. The van der Waals surface area contributed by atoms with Crippen LogP contribution in [-0.4, -0.2) is 42.6 Å². The van der Waals surface area contributed by atoms with Crippen LogP contribution in [0.15, 0.2) is 23.3 Å². The summed E-state index contributed by atoms with van der Waals surface area (Å²) < 4.78 is 5.77. The summed E-state index contributed by atoms with van der Waals surface area (Å²) in [5.74, 6) is 2.76.